The van der Waals surface area contributed by atoms with Crippen LogP contribution < -0.4 is 9.47 Å². The summed E-state index contributed by atoms with van der Waals surface area (Å²) in [7, 11) is 0. The zero-order chi connectivity index (χ0) is 18.4. The topological polar surface area (TPSA) is 64.4 Å². The van der Waals surface area contributed by atoms with Crippen molar-refractivity contribution in [1.29, 1.82) is 0 Å². The molecule has 3 aromatic rings. The van der Waals surface area contributed by atoms with Crippen molar-refractivity contribution >= 4 is 18.4 Å². The molecule has 0 bridgehead atoms. The molecule has 0 aliphatic carbocycles. The molecule has 0 radical (unpaired) electrons. The number of aromatic amines is 1. The minimum Gasteiger partial charge on any atom is -0.490 e. The first-order chi connectivity index (χ1) is 12.7. The number of aryl methyl sites for hydroxylation is 1. The van der Waals surface area contributed by atoms with Gasteiger partial charge in [0.15, 0.2) is 11.5 Å². The molecule has 0 saturated heterocycles. The Bertz CT molecular complexity index is 962. The summed E-state index contributed by atoms with van der Waals surface area (Å²) in [5.74, 6) is 1.38. The molecule has 3 rings (SSSR count). The zero-order valence-electron chi connectivity index (χ0n) is 14.7. The summed E-state index contributed by atoms with van der Waals surface area (Å²) in [5.41, 5.74) is 3.20. The normalized spacial score (nSPS) is 11.0. The number of nitrogens with one attached hydrogen (secondary N) is 1. The molecule has 0 saturated carbocycles. The molecule has 2 aromatic carbocycles. The molecule has 0 unspecified atom stereocenters. The van der Waals surface area contributed by atoms with E-state index in [9.17, 15) is 0 Å². The van der Waals surface area contributed by atoms with Crippen LogP contribution in [0.5, 0.6) is 11.5 Å². The van der Waals surface area contributed by atoms with Gasteiger partial charge >= 0.3 is 0 Å². The third-order valence-electron chi connectivity index (χ3n) is 3.61. The molecule has 0 aliphatic heterocycles. The molecule has 0 fully saturated rings. The lowest BCUT2D eigenvalue weighted by atomic mass is 10.1. The maximum atomic E-state index is 5.95. The Morgan fingerprint density at radius 1 is 1.19 bits per heavy atom. The average molecular weight is 368 g/mol. The molecule has 0 atom stereocenters. The van der Waals surface area contributed by atoms with Crippen LogP contribution in [0.2, 0.25) is 0 Å². The molecular formula is C19H20N4O2S. The van der Waals surface area contributed by atoms with E-state index in [1.54, 1.807) is 6.21 Å². The van der Waals surface area contributed by atoms with Gasteiger partial charge in [-0.15, -0.1) is 0 Å². The number of nitrogens with zero attached hydrogens (tertiary/aromatic N) is 3. The molecule has 1 aromatic heterocycles. The van der Waals surface area contributed by atoms with Gasteiger partial charge in [-0.25, -0.2) is 0 Å². The van der Waals surface area contributed by atoms with Crippen LogP contribution in [0.1, 0.15) is 23.6 Å². The highest BCUT2D eigenvalue weighted by molar-refractivity contribution is 7.71. The van der Waals surface area contributed by atoms with Crippen LogP contribution in [0.3, 0.4) is 0 Å². The Kier molecular flexibility index (Phi) is 5.80. The minimum absolute atomic E-state index is 0.435. The number of benzene rings is 2. The molecule has 1 heterocycles. The molecule has 1 N–H and O–H groups in total. The number of rotatable bonds is 7. The van der Waals surface area contributed by atoms with Crippen molar-refractivity contribution in [3.05, 3.63) is 70.3 Å². The molecule has 0 aliphatic rings. The third-order valence-corrected chi connectivity index (χ3v) is 3.89. The van der Waals surface area contributed by atoms with E-state index in [4.69, 9.17) is 21.7 Å². The van der Waals surface area contributed by atoms with Gasteiger partial charge in [0.05, 0.1) is 12.8 Å². The van der Waals surface area contributed by atoms with Gasteiger partial charge < -0.3 is 9.47 Å². The molecule has 134 valence electrons. The van der Waals surface area contributed by atoms with Crippen LogP contribution in [0.15, 0.2) is 53.9 Å². The molecule has 0 amide bonds. The Labute approximate surface area is 157 Å². The van der Waals surface area contributed by atoms with Gasteiger partial charge in [0.1, 0.15) is 12.9 Å². The number of H-pyrrole nitrogens is 1. The van der Waals surface area contributed by atoms with Gasteiger partial charge in [0.25, 0.3) is 0 Å². The van der Waals surface area contributed by atoms with Crippen LogP contribution in [-0.4, -0.2) is 27.7 Å². The van der Waals surface area contributed by atoms with Gasteiger partial charge in [-0.1, -0.05) is 29.8 Å². The van der Waals surface area contributed by atoms with E-state index in [0.717, 1.165) is 11.1 Å². The molecule has 26 heavy (non-hydrogen) atoms. The molecule has 0 spiro atoms. The summed E-state index contributed by atoms with van der Waals surface area (Å²) in [6, 6.07) is 13.9. The SMILES string of the molecule is CCOc1cc(/C=N/n2cn[nH]c2=S)ccc1OCc1cccc(C)c1. The Morgan fingerprint density at radius 2 is 2.08 bits per heavy atom. The fourth-order valence-electron chi connectivity index (χ4n) is 2.41. The van der Waals surface area contributed by atoms with Gasteiger partial charge in [-0.2, -0.15) is 14.9 Å². The van der Waals surface area contributed by atoms with Crippen molar-refractivity contribution in [2.45, 2.75) is 20.5 Å². The molecular weight excluding hydrogens is 348 g/mol. The summed E-state index contributed by atoms with van der Waals surface area (Å²) < 4.78 is 13.6. The molecule has 7 heteroatoms. The quantitative estimate of drug-likeness (QED) is 0.503. The fourth-order valence-corrected chi connectivity index (χ4v) is 2.56. The standard InChI is InChI=1S/C19H20N4O2S/c1-3-24-18-10-15(11-21-23-13-20-22-19(23)26)7-8-17(18)25-12-16-6-4-5-14(2)9-16/h4-11,13H,3,12H2,1-2H3,(H,22,26)/b21-11+. The van der Waals surface area contributed by atoms with Gasteiger partial charge in [0, 0.05) is 0 Å². The van der Waals surface area contributed by atoms with Crippen molar-refractivity contribution in [2.24, 2.45) is 5.10 Å². The highest BCUT2D eigenvalue weighted by atomic mass is 32.1. The highest BCUT2D eigenvalue weighted by Gasteiger charge is 2.07. The maximum absolute atomic E-state index is 5.95. The number of aromatic nitrogens is 3. The first-order valence-electron chi connectivity index (χ1n) is 8.27. The average Bonchev–Trinajstić information content (AvgIpc) is 3.04. The first kappa shape index (κ1) is 17.9. The van der Waals surface area contributed by atoms with Gasteiger partial charge in [0.2, 0.25) is 4.77 Å². The monoisotopic (exact) mass is 368 g/mol. The fraction of sp³-hybridized carbons (Fsp3) is 0.211. The summed E-state index contributed by atoms with van der Waals surface area (Å²) in [4.78, 5) is 0. The summed E-state index contributed by atoms with van der Waals surface area (Å²) >= 11 is 5.07. The third kappa shape index (κ3) is 4.58. The van der Waals surface area contributed by atoms with Crippen molar-refractivity contribution < 1.29 is 9.47 Å². The van der Waals surface area contributed by atoms with E-state index < -0.39 is 0 Å². The predicted molar refractivity (Wildman–Crippen MR) is 104 cm³/mol. The van der Waals surface area contributed by atoms with E-state index in [1.165, 1.54) is 16.6 Å². The molecule has 6 nitrogen and oxygen atoms in total. The predicted octanol–water partition coefficient (Wildman–Crippen LogP) is 4.11. The smallest absolute Gasteiger partial charge is 0.216 e. The number of hydrogen-bond acceptors (Lipinski definition) is 5. The Balaban J connectivity index is 1.77. The summed E-state index contributed by atoms with van der Waals surface area (Å²) in [6.45, 7) is 5.04. The van der Waals surface area contributed by atoms with Gasteiger partial charge in [-0.05, 0) is 55.4 Å². The van der Waals surface area contributed by atoms with Crippen molar-refractivity contribution in [2.75, 3.05) is 6.61 Å². The minimum atomic E-state index is 0.435. The van der Waals surface area contributed by atoms with Gasteiger partial charge in [-0.3, -0.25) is 5.10 Å². The highest BCUT2D eigenvalue weighted by Crippen LogP contribution is 2.29. The van der Waals surface area contributed by atoms with E-state index in [1.807, 2.05) is 37.3 Å². The number of ether oxygens (including phenoxy) is 2. The first-order valence-corrected chi connectivity index (χ1v) is 8.68. The zero-order valence-corrected chi connectivity index (χ0v) is 15.5. The second kappa shape index (κ2) is 8.44. The summed E-state index contributed by atoms with van der Waals surface area (Å²) in [6.07, 6.45) is 3.21. The lowest BCUT2D eigenvalue weighted by Crippen LogP contribution is -2.01. The van der Waals surface area contributed by atoms with Crippen molar-refractivity contribution in [3.8, 4) is 11.5 Å². The second-order valence-corrected chi connectivity index (χ2v) is 6.05. The number of hydrogen-bond donors (Lipinski definition) is 1. The van der Waals surface area contributed by atoms with Crippen LogP contribution in [0.4, 0.5) is 0 Å². The van der Waals surface area contributed by atoms with E-state index in [0.29, 0.717) is 29.5 Å². The van der Waals surface area contributed by atoms with Crippen LogP contribution in [0.25, 0.3) is 0 Å². The largest absolute Gasteiger partial charge is 0.490 e. The van der Waals surface area contributed by atoms with Crippen LogP contribution in [-0.2, 0) is 6.61 Å². The second-order valence-electron chi connectivity index (χ2n) is 5.67. The Morgan fingerprint density at radius 3 is 2.81 bits per heavy atom. The van der Waals surface area contributed by atoms with Crippen LogP contribution >= 0.6 is 12.2 Å². The van der Waals surface area contributed by atoms with E-state index in [-0.39, 0.29) is 0 Å². The lowest BCUT2D eigenvalue weighted by molar-refractivity contribution is 0.269. The van der Waals surface area contributed by atoms with Crippen LogP contribution in [0, 0.1) is 11.7 Å². The van der Waals surface area contributed by atoms with Crippen molar-refractivity contribution in [3.63, 3.8) is 0 Å². The lowest BCUT2D eigenvalue weighted by Gasteiger charge is -2.13. The maximum Gasteiger partial charge on any atom is 0.216 e. The Hall–Kier alpha value is -2.93. The summed E-state index contributed by atoms with van der Waals surface area (Å²) in [5, 5.41) is 10.7. The van der Waals surface area contributed by atoms with E-state index in [2.05, 4.69) is 34.4 Å². The van der Waals surface area contributed by atoms with E-state index >= 15 is 0 Å². The van der Waals surface area contributed by atoms with Crippen molar-refractivity contribution in [1.82, 2.24) is 14.9 Å².